The minimum absolute atomic E-state index is 0.132. The highest BCUT2D eigenvalue weighted by atomic mass is 35.5. The topological polar surface area (TPSA) is 102 Å². The van der Waals surface area contributed by atoms with E-state index in [-0.39, 0.29) is 16.9 Å². The molecule has 0 aliphatic carbocycles. The second kappa shape index (κ2) is 14.4. The summed E-state index contributed by atoms with van der Waals surface area (Å²) in [4.78, 5) is 3.08. The lowest BCUT2D eigenvalue weighted by Crippen LogP contribution is -2.25. The van der Waals surface area contributed by atoms with Gasteiger partial charge in [-0.15, -0.1) is 30.0 Å². The van der Waals surface area contributed by atoms with Gasteiger partial charge >= 0.3 is 0 Å². The molecule has 2 heterocycles. The summed E-state index contributed by atoms with van der Waals surface area (Å²) >= 11 is 6.28. The molecule has 0 aliphatic rings. The van der Waals surface area contributed by atoms with Crippen molar-refractivity contribution in [1.29, 1.82) is 0 Å². The Morgan fingerprint density at radius 3 is 1.63 bits per heavy atom. The van der Waals surface area contributed by atoms with Gasteiger partial charge in [-0.1, -0.05) is 153 Å². The SMILES string of the molecule is CC(C)(C)c1cc(-n2nc3ccc(Cl)cc3n2)c(O)c(C(C)(C)Cc2cccc(C(C)(C)c3cc(C(C)(C)c4ccccc4)cc(-n4nc5ccccc5n4)c3O)c2)c1. The van der Waals surface area contributed by atoms with Crippen LogP contribution in [0.2, 0.25) is 5.02 Å². The molecule has 0 amide bonds. The van der Waals surface area contributed by atoms with E-state index in [2.05, 4.69) is 123 Å². The third-order valence-electron chi connectivity index (χ3n) is 12.0. The monoisotopic (exact) mass is 802 g/mol. The van der Waals surface area contributed by atoms with Crippen molar-refractivity contribution in [1.82, 2.24) is 30.0 Å². The van der Waals surface area contributed by atoms with Gasteiger partial charge in [0, 0.05) is 27.0 Å². The number of aromatic hydroxyl groups is 2. The summed E-state index contributed by atoms with van der Waals surface area (Å²) in [5.74, 6) is 0.272. The Balaban J connectivity index is 1.21. The van der Waals surface area contributed by atoms with Crippen molar-refractivity contribution < 1.29 is 10.2 Å². The van der Waals surface area contributed by atoms with Gasteiger partial charge in [-0.25, -0.2) is 0 Å². The molecule has 0 spiro atoms. The number of nitrogens with zero attached hydrogens (tertiary/aromatic N) is 6. The number of rotatable bonds is 9. The molecule has 0 saturated heterocycles. The lowest BCUT2D eigenvalue weighted by atomic mass is 9.71. The van der Waals surface area contributed by atoms with Crippen LogP contribution >= 0.6 is 11.6 Å². The zero-order chi connectivity index (χ0) is 42.1. The van der Waals surface area contributed by atoms with E-state index < -0.39 is 16.2 Å². The van der Waals surface area contributed by atoms with Crippen molar-refractivity contribution in [3.05, 3.63) is 165 Å². The molecule has 0 saturated carbocycles. The predicted octanol–water partition coefficient (Wildman–Crippen LogP) is 11.7. The highest BCUT2D eigenvalue weighted by Crippen LogP contribution is 2.45. The van der Waals surface area contributed by atoms with Crippen molar-refractivity contribution in [2.45, 2.75) is 90.4 Å². The first-order valence-corrected chi connectivity index (χ1v) is 20.5. The maximum absolute atomic E-state index is 12.3. The third-order valence-corrected chi connectivity index (χ3v) is 12.3. The van der Waals surface area contributed by atoms with E-state index >= 15 is 0 Å². The lowest BCUT2D eigenvalue weighted by molar-refractivity contribution is 0.425. The molecule has 2 N–H and O–H groups in total. The van der Waals surface area contributed by atoms with Gasteiger partial charge in [0.15, 0.2) is 0 Å². The summed E-state index contributed by atoms with van der Waals surface area (Å²) in [6.07, 6.45) is 0.629. The number of hydrogen-bond acceptors (Lipinski definition) is 6. The average molecular weight is 803 g/mol. The number of benzene rings is 6. The van der Waals surface area contributed by atoms with Crippen LogP contribution in [-0.2, 0) is 28.1 Å². The van der Waals surface area contributed by atoms with E-state index in [4.69, 9.17) is 32.0 Å². The van der Waals surface area contributed by atoms with Gasteiger partial charge < -0.3 is 10.2 Å². The fourth-order valence-corrected chi connectivity index (χ4v) is 8.31. The Hall–Kier alpha value is -5.99. The summed E-state index contributed by atoms with van der Waals surface area (Å²) in [6, 6.07) is 40.4. The van der Waals surface area contributed by atoms with E-state index in [9.17, 15) is 10.2 Å². The Bertz CT molecular complexity index is 2830. The number of phenolic OH excluding ortho intramolecular Hbond substituents is 2. The van der Waals surface area contributed by atoms with Crippen molar-refractivity contribution >= 4 is 33.7 Å². The molecular formula is C50H51ClN6O2. The van der Waals surface area contributed by atoms with Gasteiger partial charge in [0.2, 0.25) is 0 Å². The molecule has 0 unspecified atom stereocenters. The first-order valence-electron chi connectivity index (χ1n) is 20.1. The summed E-state index contributed by atoms with van der Waals surface area (Å²) in [6.45, 7) is 19.6. The van der Waals surface area contributed by atoms with Crippen LogP contribution in [0.15, 0.2) is 121 Å². The first kappa shape index (κ1) is 39.8. The average Bonchev–Trinajstić information content (AvgIpc) is 3.82. The molecule has 6 aromatic carbocycles. The molecule has 0 fully saturated rings. The van der Waals surface area contributed by atoms with E-state index in [1.807, 2.05) is 48.5 Å². The van der Waals surface area contributed by atoms with Crippen LogP contribution in [0, 0.1) is 0 Å². The zero-order valence-corrected chi connectivity index (χ0v) is 36.0. The molecule has 2 aromatic heterocycles. The van der Waals surface area contributed by atoms with Crippen LogP contribution in [-0.4, -0.2) is 40.2 Å². The fourth-order valence-electron chi connectivity index (χ4n) is 8.14. The molecule has 0 bridgehead atoms. The van der Waals surface area contributed by atoms with Crippen LogP contribution in [0.5, 0.6) is 11.5 Å². The Labute approximate surface area is 351 Å². The van der Waals surface area contributed by atoms with Crippen molar-refractivity contribution in [3.63, 3.8) is 0 Å². The second-order valence-corrected chi connectivity index (χ2v) is 18.9. The minimum atomic E-state index is -0.646. The quantitative estimate of drug-likeness (QED) is 0.151. The maximum atomic E-state index is 12.3. The van der Waals surface area contributed by atoms with Crippen LogP contribution in [0.3, 0.4) is 0 Å². The number of phenols is 2. The van der Waals surface area contributed by atoms with Crippen molar-refractivity contribution in [2.75, 3.05) is 0 Å². The normalized spacial score (nSPS) is 12.8. The van der Waals surface area contributed by atoms with Crippen LogP contribution in [0.25, 0.3) is 33.4 Å². The molecule has 0 atom stereocenters. The standard InChI is InChI=1S/C50H51ClN6O2/c1-47(2,3)34-25-37(45(58)43(27-34)57-54-41-23-22-36(51)29-42(41)55-57)48(4,5)30-31-16-15-19-33(24-31)50(8,9)38-26-35(49(6,7)32-17-11-10-12-18-32)28-44(46(38)59)56-52-39-20-13-14-21-40(39)53-56/h10-29,58-59H,30H2,1-9H3. The first-order chi connectivity index (χ1) is 27.8. The van der Waals surface area contributed by atoms with E-state index in [1.165, 1.54) is 4.80 Å². The molecule has 0 aliphatic heterocycles. The number of fused-ring (bicyclic) bond motifs is 2. The summed E-state index contributed by atoms with van der Waals surface area (Å²) in [5, 5.41) is 44.0. The van der Waals surface area contributed by atoms with E-state index in [0.29, 0.717) is 33.9 Å². The van der Waals surface area contributed by atoms with Gasteiger partial charge in [0.05, 0.1) is 0 Å². The minimum Gasteiger partial charge on any atom is -0.505 e. The van der Waals surface area contributed by atoms with Gasteiger partial charge in [-0.2, -0.15) is 0 Å². The Morgan fingerprint density at radius 1 is 0.475 bits per heavy atom. The molecule has 8 rings (SSSR count). The number of halogens is 1. The summed E-state index contributed by atoms with van der Waals surface area (Å²) < 4.78 is 0. The van der Waals surface area contributed by atoms with Gasteiger partial charge in [0.25, 0.3) is 0 Å². The molecule has 9 heteroatoms. The number of aromatic nitrogens is 6. The largest absolute Gasteiger partial charge is 0.505 e. The molecule has 300 valence electrons. The van der Waals surface area contributed by atoms with Crippen LogP contribution in [0.4, 0.5) is 0 Å². The lowest BCUT2D eigenvalue weighted by Gasteiger charge is -2.33. The van der Waals surface area contributed by atoms with Gasteiger partial charge in [0.1, 0.15) is 44.9 Å². The highest BCUT2D eigenvalue weighted by Gasteiger charge is 2.34. The summed E-state index contributed by atoms with van der Waals surface area (Å²) in [5.41, 5.74) is 9.09. The molecular weight excluding hydrogens is 752 g/mol. The maximum Gasteiger partial charge on any atom is 0.147 e. The Morgan fingerprint density at radius 2 is 1.00 bits per heavy atom. The van der Waals surface area contributed by atoms with Crippen LogP contribution < -0.4 is 0 Å². The van der Waals surface area contributed by atoms with E-state index in [0.717, 1.165) is 50.0 Å². The Kier molecular flexibility index (Phi) is 9.71. The van der Waals surface area contributed by atoms with Gasteiger partial charge in [-0.05, 0) is 87.5 Å². The van der Waals surface area contributed by atoms with E-state index in [1.54, 1.807) is 16.9 Å². The molecule has 0 radical (unpaired) electrons. The zero-order valence-electron chi connectivity index (χ0n) is 35.2. The van der Waals surface area contributed by atoms with Crippen molar-refractivity contribution in [2.24, 2.45) is 0 Å². The van der Waals surface area contributed by atoms with Gasteiger partial charge in [-0.3, -0.25) is 0 Å². The second-order valence-electron chi connectivity index (χ2n) is 18.5. The molecule has 8 nitrogen and oxygen atoms in total. The predicted molar refractivity (Wildman–Crippen MR) is 239 cm³/mol. The van der Waals surface area contributed by atoms with Crippen LogP contribution in [0.1, 0.15) is 101 Å². The third kappa shape index (κ3) is 7.35. The highest BCUT2D eigenvalue weighted by molar-refractivity contribution is 6.31. The molecule has 8 aromatic rings. The fraction of sp³-hybridized carbons (Fsp3) is 0.280. The van der Waals surface area contributed by atoms with Crippen molar-refractivity contribution in [3.8, 4) is 22.9 Å². The summed E-state index contributed by atoms with van der Waals surface area (Å²) in [7, 11) is 0. The smallest absolute Gasteiger partial charge is 0.147 e. The molecule has 59 heavy (non-hydrogen) atoms. The number of hydrogen-bond donors (Lipinski definition) is 2.